The Hall–Kier alpha value is -0.263. The molecule has 0 aromatic carbocycles. The Morgan fingerprint density at radius 3 is 2.44 bits per heavy atom. The van der Waals surface area contributed by atoms with Gasteiger partial charge in [-0.05, 0) is 18.4 Å². The number of rotatable bonds is 9. The Morgan fingerprint density at radius 1 is 1.25 bits per heavy atom. The van der Waals surface area contributed by atoms with Crippen molar-refractivity contribution in [3.63, 3.8) is 0 Å². The average Bonchev–Trinajstić information content (AvgIpc) is 2.25. The summed E-state index contributed by atoms with van der Waals surface area (Å²) in [4.78, 5) is 0. The van der Waals surface area contributed by atoms with Crippen LogP contribution in [0.5, 0.6) is 0 Å². The van der Waals surface area contributed by atoms with E-state index in [2.05, 4.69) is 26.7 Å². The molecule has 0 fully saturated rings. The minimum absolute atomic E-state index is 0.0438. The number of hydrogen-bond donors (Lipinski definition) is 0. The highest BCUT2D eigenvalue weighted by Crippen LogP contribution is 2.30. The minimum Gasteiger partial charge on any atom is -0.404 e. The first kappa shape index (κ1) is 15.7. The van der Waals surface area contributed by atoms with Crippen molar-refractivity contribution in [3.8, 4) is 12.3 Å². The molecule has 16 heavy (non-hydrogen) atoms. The van der Waals surface area contributed by atoms with Crippen LogP contribution in [0.15, 0.2) is 0 Å². The van der Waals surface area contributed by atoms with Crippen LogP contribution in [0.25, 0.3) is 0 Å². The van der Waals surface area contributed by atoms with Crippen molar-refractivity contribution in [2.45, 2.75) is 77.4 Å². The lowest BCUT2D eigenvalue weighted by atomic mass is 10.0. The van der Waals surface area contributed by atoms with Gasteiger partial charge in [-0.15, -0.1) is 6.42 Å². The highest BCUT2D eigenvalue weighted by atomic mass is 28.2. The lowest BCUT2D eigenvalue weighted by molar-refractivity contribution is 0.276. The highest BCUT2D eigenvalue weighted by Gasteiger charge is 2.20. The van der Waals surface area contributed by atoms with Gasteiger partial charge in [-0.3, -0.25) is 0 Å². The second-order valence-electron chi connectivity index (χ2n) is 5.08. The number of hydrogen-bond acceptors (Lipinski definition) is 1. The smallest absolute Gasteiger partial charge is 0.237 e. The standard InChI is InChI=1S/C14H26OSi/c1-6-8-9-10-11-12-14(4,5)16-15-13(3)7-2/h2,13H,6,8-12H2,1,3-5H3. The van der Waals surface area contributed by atoms with E-state index in [9.17, 15) is 0 Å². The molecule has 1 atom stereocenters. The van der Waals surface area contributed by atoms with Crippen molar-refractivity contribution in [2.24, 2.45) is 0 Å². The van der Waals surface area contributed by atoms with E-state index in [1.807, 2.05) is 6.92 Å². The van der Waals surface area contributed by atoms with Gasteiger partial charge in [0.15, 0.2) is 0 Å². The van der Waals surface area contributed by atoms with E-state index < -0.39 is 0 Å². The van der Waals surface area contributed by atoms with E-state index in [1.54, 1.807) is 0 Å². The van der Waals surface area contributed by atoms with Gasteiger partial charge in [0.05, 0.1) is 0 Å². The van der Waals surface area contributed by atoms with E-state index in [0.717, 1.165) is 0 Å². The summed E-state index contributed by atoms with van der Waals surface area (Å²) in [6.45, 7) is 8.73. The first-order valence-electron chi connectivity index (χ1n) is 6.41. The van der Waals surface area contributed by atoms with Crippen LogP contribution in [0, 0.1) is 12.3 Å². The summed E-state index contributed by atoms with van der Waals surface area (Å²) in [5.74, 6) is 2.61. The van der Waals surface area contributed by atoms with Gasteiger partial charge in [-0.1, -0.05) is 58.8 Å². The number of unbranched alkanes of at least 4 members (excludes halogenated alkanes) is 4. The summed E-state index contributed by atoms with van der Waals surface area (Å²) in [6, 6.07) is 0. The van der Waals surface area contributed by atoms with E-state index in [-0.39, 0.29) is 11.1 Å². The first-order valence-corrected chi connectivity index (χ1v) is 7.31. The van der Waals surface area contributed by atoms with E-state index in [0.29, 0.717) is 9.76 Å². The van der Waals surface area contributed by atoms with Crippen molar-refractivity contribution >= 4 is 9.76 Å². The van der Waals surface area contributed by atoms with Gasteiger partial charge in [0.2, 0.25) is 9.76 Å². The fourth-order valence-electron chi connectivity index (χ4n) is 1.50. The summed E-state index contributed by atoms with van der Waals surface area (Å²) < 4.78 is 5.63. The van der Waals surface area contributed by atoms with E-state index in [1.165, 1.54) is 38.5 Å². The van der Waals surface area contributed by atoms with E-state index >= 15 is 0 Å². The molecule has 0 heterocycles. The Balaban J connectivity index is 3.58. The molecular weight excluding hydrogens is 212 g/mol. The maximum atomic E-state index is 5.63. The van der Waals surface area contributed by atoms with Crippen LogP contribution in [0.3, 0.4) is 0 Å². The highest BCUT2D eigenvalue weighted by molar-refractivity contribution is 6.32. The normalized spacial score (nSPS) is 13.4. The van der Waals surface area contributed by atoms with Crippen molar-refractivity contribution < 1.29 is 4.43 Å². The SMILES string of the molecule is C#CC(C)O[Si]C(C)(C)CCCCCCC. The molecule has 0 rings (SSSR count). The average molecular weight is 238 g/mol. The van der Waals surface area contributed by atoms with Crippen molar-refractivity contribution in [3.05, 3.63) is 0 Å². The van der Waals surface area contributed by atoms with Crippen LogP contribution in [-0.4, -0.2) is 15.9 Å². The largest absolute Gasteiger partial charge is 0.404 e. The Bertz CT molecular complexity index is 205. The van der Waals surface area contributed by atoms with Gasteiger partial charge >= 0.3 is 0 Å². The van der Waals surface area contributed by atoms with Gasteiger partial charge in [0.1, 0.15) is 6.10 Å². The number of terminal acetylenes is 1. The first-order chi connectivity index (χ1) is 7.52. The Morgan fingerprint density at radius 2 is 1.88 bits per heavy atom. The third-order valence-corrected chi connectivity index (χ3v) is 3.93. The molecule has 0 aromatic heterocycles. The molecule has 2 radical (unpaired) electrons. The molecule has 0 spiro atoms. The summed E-state index contributed by atoms with van der Waals surface area (Å²) >= 11 is 0. The zero-order valence-corrected chi connectivity index (χ0v) is 12.3. The molecule has 2 heteroatoms. The van der Waals surface area contributed by atoms with E-state index in [4.69, 9.17) is 10.8 Å². The van der Waals surface area contributed by atoms with Crippen LogP contribution < -0.4 is 0 Å². The molecule has 0 saturated carbocycles. The lowest BCUT2D eigenvalue weighted by Gasteiger charge is -2.23. The summed E-state index contributed by atoms with van der Waals surface area (Å²) in [7, 11) is 0.516. The van der Waals surface area contributed by atoms with Crippen molar-refractivity contribution in [1.29, 1.82) is 0 Å². The summed E-state index contributed by atoms with van der Waals surface area (Å²) in [5, 5.41) is 0.289. The fourth-order valence-corrected chi connectivity index (χ4v) is 2.35. The molecule has 0 saturated heterocycles. The molecule has 0 N–H and O–H groups in total. The summed E-state index contributed by atoms with van der Waals surface area (Å²) in [6.07, 6.45) is 13.2. The Kier molecular flexibility index (Phi) is 8.69. The van der Waals surface area contributed by atoms with Crippen LogP contribution in [0.4, 0.5) is 0 Å². The van der Waals surface area contributed by atoms with Crippen molar-refractivity contribution in [1.82, 2.24) is 0 Å². The topological polar surface area (TPSA) is 9.23 Å². The zero-order chi connectivity index (χ0) is 12.4. The van der Waals surface area contributed by atoms with Crippen LogP contribution >= 0.6 is 0 Å². The van der Waals surface area contributed by atoms with Gasteiger partial charge in [-0.2, -0.15) is 0 Å². The zero-order valence-electron chi connectivity index (χ0n) is 11.3. The second-order valence-corrected chi connectivity index (χ2v) is 6.87. The molecule has 0 aliphatic heterocycles. The second kappa shape index (κ2) is 8.84. The van der Waals surface area contributed by atoms with Crippen LogP contribution in [-0.2, 0) is 4.43 Å². The third-order valence-electron chi connectivity index (χ3n) is 2.65. The molecule has 0 aromatic rings. The predicted octanol–water partition coefficient (Wildman–Crippen LogP) is 4.20. The molecule has 0 aliphatic rings. The quantitative estimate of drug-likeness (QED) is 0.332. The molecule has 0 aliphatic carbocycles. The third kappa shape index (κ3) is 9.00. The molecule has 92 valence electrons. The Labute approximate surface area is 104 Å². The molecular formula is C14H26OSi. The minimum atomic E-state index is -0.0438. The van der Waals surface area contributed by atoms with Crippen LogP contribution in [0.2, 0.25) is 5.04 Å². The fraction of sp³-hybridized carbons (Fsp3) is 0.857. The summed E-state index contributed by atoms with van der Waals surface area (Å²) in [5.41, 5.74) is 0. The van der Waals surface area contributed by atoms with Gasteiger partial charge in [0.25, 0.3) is 0 Å². The van der Waals surface area contributed by atoms with Crippen molar-refractivity contribution in [2.75, 3.05) is 0 Å². The van der Waals surface area contributed by atoms with Gasteiger partial charge < -0.3 is 4.43 Å². The predicted molar refractivity (Wildman–Crippen MR) is 72.6 cm³/mol. The molecule has 1 unspecified atom stereocenters. The van der Waals surface area contributed by atoms with Crippen LogP contribution in [0.1, 0.15) is 66.2 Å². The molecule has 0 bridgehead atoms. The maximum Gasteiger partial charge on any atom is 0.237 e. The molecule has 1 nitrogen and oxygen atoms in total. The lowest BCUT2D eigenvalue weighted by Crippen LogP contribution is -2.20. The monoisotopic (exact) mass is 238 g/mol. The molecule has 0 amide bonds. The van der Waals surface area contributed by atoms with Gasteiger partial charge in [0, 0.05) is 0 Å². The van der Waals surface area contributed by atoms with Gasteiger partial charge in [-0.25, -0.2) is 0 Å². The maximum absolute atomic E-state index is 5.63.